The van der Waals surface area contributed by atoms with Gasteiger partial charge in [0, 0.05) is 18.3 Å². The average molecular weight is 164 g/mol. The highest BCUT2D eigenvalue weighted by atomic mass is 14.8. The fourth-order valence-corrected chi connectivity index (χ4v) is 0.979. The molecule has 0 aliphatic heterocycles. The molecule has 1 rings (SSSR count). The first kappa shape index (κ1) is 9.17. The second-order valence-corrected chi connectivity index (χ2v) is 3.62. The minimum Gasteiger partial charge on any atom is -0.258 e. The van der Waals surface area contributed by atoms with E-state index in [0.29, 0.717) is 11.8 Å². The van der Waals surface area contributed by atoms with Crippen molar-refractivity contribution in [2.45, 2.75) is 33.6 Å². The molecule has 66 valence electrons. The Morgan fingerprint density at radius 1 is 1.08 bits per heavy atom. The van der Waals surface area contributed by atoms with Crippen molar-refractivity contribution < 1.29 is 0 Å². The van der Waals surface area contributed by atoms with Gasteiger partial charge >= 0.3 is 0 Å². The van der Waals surface area contributed by atoms with E-state index < -0.39 is 0 Å². The van der Waals surface area contributed by atoms with Crippen LogP contribution < -0.4 is 0 Å². The molecule has 0 aromatic carbocycles. The summed E-state index contributed by atoms with van der Waals surface area (Å²) in [4.78, 5) is 8.56. The lowest BCUT2D eigenvalue weighted by atomic mass is 9.95. The Morgan fingerprint density at radius 3 is 2.17 bits per heavy atom. The zero-order valence-electron chi connectivity index (χ0n) is 8.20. The van der Waals surface area contributed by atoms with Gasteiger partial charge in [0.25, 0.3) is 0 Å². The van der Waals surface area contributed by atoms with Crippen LogP contribution in [-0.4, -0.2) is 9.97 Å². The Kier molecular flexibility index (Phi) is 2.79. The smallest absolute Gasteiger partial charge is 0.0617 e. The fraction of sp³-hybridized carbons (Fsp3) is 0.600. The lowest BCUT2D eigenvalue weighted by Crippen LogP contribution is -2.05. The third-order valence-corrected chi connectivity index (χ3v) is 2.27. The molecule has 0 spiro atoms. The van der Waals surface area contributed by atoms with Crippen LogP contribution in [0.15, 0.2) is 12.4 Å². The highest BCUT2D eigenvalue weighted by Gasteiger charge is 2.10. The molecule has 2 heteroatoms. The van der Waals surface area contributed by atoms with Gasteiger partial charge in [0.2, 0.25) is 0 Å². The highest BCUT2D eigenvalue weighted by Crippen LogP contribution is 2.20. The van der Waals surface area contributed by atoms with Gasteiger partial charge in [-0.2, -0.15) is 0 Å². The van der Waals surface area contributed by atoms with Crippen LogP contribution in [0.5, 0.6) is 0 Å². The van der Waals surface area contributed by atoms with Crippen molar-refractivity contribution in [3.05, 3.63) is 23.8 Å². The molecule has 0 aliphatic carbocycles. The van der Waals surface area contributed by atoms with Crippen molar-refractivity contribution >= 4 is 0 Å². The van der Waals surface area contributed by atoms with Gasteiger partial charge < -0.3 is 0 Å². The molecule has 1 unspecified atom stereocenters. The van der Waals surface area contributed by atoms with E-state index in [0.717, 1.165) is 11.4 Å². The fourth-order valence-electron chi connectivity index (χ4n) is 0.979. The summed E-state index contributed by atoms with van der Waals surface area (Å²) in [6.45, 7) is 8.54. The third-order valence-electron chi connectivity index (χ3n) is 2.27. The molecule has 0 amide bonds. The van der Waals surface area contributed by atoms with E-state index in [4.69, 9.17) is 0 Å². The summed E-state index contributed by atoms with van der Waals surface area (Å²) in [7, 11) is 0. The summed E-state index contributed by atoms with van der Waals surface area (Å²) in [5, 5.41) is 0. The van der Waals surface area contributed by atoms with Crippen LogP contribution in [-0.2, 0) is 0 Å². The van der Waals surface area contributed by atoms with Crippen LogP contribution in [0.4, 0.5) is 0 Å². The number of aryl methyl sites for hydroxylation is 1. The highest BCUT2D eigenvalue weighted by molar-refractivity contribution is 5.06. The normalized spacial score (nSPS) is 13.4. The molecule has 1 aromatic heterocycles. The zero-order chi connectivity index (χ0) is 9.14. The van der Waals surface area contributed by atoms with E-state index in [9.17, 15) is 0 Å². The van der Waals surface area contributed by atoms with Crippen molar-refractivity contribution in [1.29, 1.82) is 0 Å². The molecule has 2 nitrogen and oxygen atoms in total. The van der Waals surface area contributed by atoms with Crippen molar-refractivity contribution in [1.82, 2.24) is 9.97 Å². The van der Waals surface area contributed by atoms with E-state index in [2.05, 4.69) is 30.7 Å². The molecule has 0 saturated heterocycles. The molecule has 0 fully saturated rings. The van der Waals surface area contributed by atoms with Gasteiger partial charge in [-0.25, -0.2) is 0 Å². The number of hydrogen-bond donors (Lipinski definition) is 0. The quantitative estimate of drug-likeness (QED) is 0.671. The van der Waals surface area contributed by atoms with Crippen LogP contribution in [0.2, 0.25) is 0 Å². The summed E-state index contributed by atoms with van der Waals surface area (Å²) >= 11 is 0. The van der Waals surface area contributed by atoms with Gasteiger partial charge in [0.05, 0.1) is 11.4 Å². The molecule has 1 atom stereocenters. The summed E-state index contributed by atoms with van der Waals surface area (Å²) in [5.41, 5.74) is 2.07. The monoisotopic (exact) mass is 164 g/mol. The predicted octanol–water partition coefficient (Wildman–Crippen LogP) is 2.54. The van der Waals surface area contributed by atoms with Gasteiger partial charge in [-0.1, -0.05) is 20.8 Å². The maximum atomic E-state index is 4.34. The lowest BCUT2D eigenvalue weighted by molar-refractivity contribution is 0.521. The molecule has 0 radical (unpaired) electrons. The third kappa shape index (κ3) is 2.03. The molecular weight excluding hydrogens is 148 g/mol. The van der Waals surface area contributed by atoms with E-state index in [1.54, 1.807) is 0 Å². The summed E-state index contributed by atoms with van der Waals surface area (Å²) in [6.07, 6.45) is 3.70. The van der Waals surface area contributed by atoms with Gasteiger partial charge in [-0.05, 0) is 12.8 Å². The van der Waals surface area contributed by atoms with Crippen LogP contribution in [0.25, 0.3) is 0 Å². The summed E-state index contributed by atoms with van der Waals surface area (Å²) < 4.78 is 0. The largest absolute Gasteiger partial charge is 0.258 e. The topological polar surface area (TPSA) is 25.8 Å². The van der Waals surface area contributed by atoms with Crippen molar-refractivity contribution in [3.8, 4) is 0 Å². The maximum absolute atomic E-state index is 4.34. The van der Waals surface area contributed by atoms with Crippen LogP contribution >= 0.6 is 0 Å². The molecule has 0 N–H and O–H groups in total. The standard InChI is InChI=1S/C10H16N2/c1-7(2)9(4)10-6-11-8(3)5-12-10/h5-7,9H,1-4H3. The first-order valence-corrected chi connectivity index (χ1v) is 4.40. The zero-order valence-corrected chi connectivity index (χ0v) is 8.20. The van der Waals surface area contributed by atoms with Gasteiger partial charge in [0.15, 0.2) is 0 Å². The molecule has 1 heterocycles. The van der Waals surface area contributed by atoms with E-state index >= 15 is 0 Å². The van der Waals surface area contributed by atoms with Crippen LogP contribution in [0.1, 0.15) is 38.1 Å². The number of nitrogens with zero attached hydrogens (tertiary/aromatic N) is 2. The van der Waals surface area contributed by atoms with Crippen LogP contribution in [0, 0.1) is 12.8 Å². The number of aromatic nitrogens is 2. The van der Waals surface area contributed by atoms with E-state index in [-0.39, 0.29) is 0 Å². The Hall–Kier alpha value is -0.920. The Bertz CT molecular complexity index is 239. The molecule has 0 saturated carbocycles. The molecule has 0 bridgehead atoms. The van der Waals surface area contributed by atoms with Gasteiger partial charge in [0.1, 0.15) is 0 Å². The van der Waals surface area contributed by atoms with Gasteiger partial charge in [-0.15, -0.1) is 0 Å². The Labute approximate surface area is 74.1 Å². The average Bonchev–Trinajstić information content (AvgIpc) is 2.04. The Balaban J connectivity index is 2.82. The number of hydrogen-bond acceptors (Lipinski definition) is 2. The number of rotatable bonds is 2. The van der Waals surface area contributed by atoms with Gasteiger partial charge in [-0.3, -0.25) is 9.97 Å². The maximum Gasteiger partial charge on any atom is 0.0617 e. The Morgan fingerprint density at radius 2 is 1.75 bits per heavy atom. The SMILES string of the molecule is Cc1cnc(C(C)C(C)C)cn1. The van der Waals surface area contributed by atoms with E-state index in [1.807, 2.05) is 19.3 Å². The van der Waals surface area contributed by atoms with Crippen LogP contribution in [0.3, 0.4) is 0 Å². The minimum absolute atomic E-state index is 0.498. The predicted molar refractivity (Wildman–Crippen MR) is 50.0 cm³/mol. The molecule has 12 heavy (non-hydrogen) atoms. The second-order valence-electron chi connectivity index (χ2n) is 3.62. The molecule has 0 aliphatic rings. The second kappa shape index (κ2) is 3.65. The minimum atomic E-state index is 0.498. The van der Waals surface area contributed by atoms with Crippen molar-refractivity contribution in [3.63, 3.8) is 0 Å². The first-order valence-electron chi connectivity index (χ1n) is 4.40. The van der Waals surface area contributed by atoms with E-state index in [1.165, 1.54) is 0 Å². The lowest BCUT2D eigenvalue weighted by Gasteiger charge is -2.13. The molecular formula is C10H16N2. The first-order chi connectivity index (χ1) is 5.61. The van der Waals surface area contributed by atoms with Crippen molar-refractivity contribution in [2.24, 2.45) is 5.92 Å². The van der Waals surface area contributed by atoms with Crippen molar-refractivity contribution in [2.75, 3.05) is 0 Å². The summed E-state index contributed by atoms with van der Waals surface area (Å²) in [6, 6.07) is 0. The summed E-state index contributed by atoms with van der Waals surface area (Å²) in [5.74, 6) is 1.13. The molecule has 1 aromatic rings.